The number of carboxylic acid groups (broad SMARTS) is 1. The van der Waals surface area contributed by atoms with Crippen LogP contribution in [0.5, 0.6) is 0 Å². The van der Waals surface area contributed by atoms with Gasteiger partial charge in [0, 0.05) is 11.6 Å². The molecule has 2 aromatic carbocycles. The first-order valence-electron chi connectivity index (χ1n) is 6.02. The van der Waals surface area contributed by atoms with Gasteiger partial charge >= 0.3 is 5.97 Å². The maximum Gasteiger partial charge on any atom is 0.335 e. The van der Waals surface area contributed by atoms with Gasteiger partial charge in [-0.1, -0.05) is 24.3 Å². The third kappa shape index (κ3) is 2.07. The lowest BCUT2D eigenvalue weighted by atomic mass is 10.1. The second-order valence-corrected chi connectivity index (χ2v) is 4.35. The molecular formula is C16H10O4. The van der Waals surface area contributed by atoms with Gasteiger partial charge in [-0.3, -0.25) is 4.79 Å². The van der Waals surface area contributed by atoms with E-state index in [4.69, 9.17) is 9.52 Å². The molecule has 0 saturated carbocycles. The first kappa shape index (κ1) is 12.2. The minimum Gasteiger partial charge on any atom is -0.478 e. The molecule has 0 saturated heterocycles. The highest BCUT2D eigenvalue weighted by Gasteiger charge is 2.08. The highest BCUT2D eigenvalue weighted by molar-refractivity contribution is 5.88. The molecule has 3 aromatic rings. The van der Waals surface area contributed by atoms with Crippen LogP contribution >= 0.6 is 0 Å². The maximum absolute atomic E-state index is 12.0. The fourth-order valence-electron chi connectivity index (χ4n) is 2.02. The summed E-state index contributed by atoms with van der Waals surface area (Å²) >= 11 is 0. The minimum atomic E-state index is -0.989. The standard InChI is InChI=1S/C16H10O4/c17-13-9-15(20-14-4-2-1-3-12(13)14)10-5-7-11(8-6-10)16(18)19/h1-9H,(H,18,19). The van der Waals surface area contributed by atoms with Crippen LogP contribution < -0.4 is 5.43 Å². The Bertz CT molecular complexity index is 844. The van der Waals surface area contributed by atoms with Crippen molar-refractivity contribution in [1.29, 1.82) is 0 Å². The Balaban J connectivity index is 2.14. The fraction of sp³-hybridized carbons (Fsp3) is 0. The first-order valence-corrected chi connectivity index (χ1v) is 6.02. The van der Waals surface area contributed by atoms with E-state index in [1.54, 1.807) is 36.4 Å². The summed E-state index contributed by atoms with van der Waals surface area (Å²) in [5, 5.41) is 9.38. The summed E-state index contributed by atoms with van der Waals surface area (Å²) < 4.78 is 5.68. The van der Waals surface area contributed by atoms with Crippen LogP contribution in [0.3, 0.4) is 0 Å². The summed E-state index contributed by atoms with van der Waals surface area (Å²) in [6.07, 6.45) is 0. The molecule has 0 bridgehead atoms. The fourth-order valence-corrected chi connectivity index (χ4v) is 2.02. The van der Waals surface area contributed by atoms with Crippen LogP contribution in [0.1, 0.15) is 10.4 Å². The average molecular weight is 266 g/mol. The van der Waals surface area contributed by atoms with Crippen molar-refractivity contribution in [3.63, 3.8) is 0 Å². The molecule has 1 aromatic heterocycles. The van der Waals surface area contributed by atoms with Gasteiger partial charge in [0.25, 0.3) is 0 Å². The van der Waals surface area contributed by atoms with Crippen molar-refractivity contribution >= 4 is 16.9 Å². The number of hydrogen-bond donors (Lipinski definition) is 1. The zero-order valence-electron chi connectivity index (χ0n) is 10.4. The lowest BCUT2D eigenvalue weighted by Gasteiger charge is -2.03. The third-order valence-corrected chi connectivity index (χ3v) is 3.05. The van der Waals surface area contributed by atoms with Gasteiger partial charge in [0.05, 0.1) is 10.9 Å². The summed E-state index contributed by atoms with van der Waals surface area (Å²) in [6.45, 7) is 0. The van der Waals surface area contributed by atoms with E-state index >= 15 is 0 Å². The largest absolute Gasteiger partial charge is 0.478 e. The van der Waals surface area contributed by atoms with Gasteiger partial charge in [0.2, 0.25) is 0 Å². The molecule has 0 spiro atoms. The van der Waals surface area contributed by atoms with Crippen molar-refractivity contribution in [2.75, 3.05) is 0 Å². The zero-order valence-corrected chi connectivity index (χ0v) is 10.4. The summed E-state index contributed by atoms with van der Waals surface area (Å²) in [4.78, 5) is 22.8. The topological polar surface area (TPSA) is 67.5 Å². The van der Waals surface area contributed by atoms with E-state index in [1.165, 1.54) is 18.2 Å². The Morgan fingerprint density at radius 1 is 1.00 bits per heavy atom. The average Bonchev–Trinajstić information content (AvgIpc) is 2.47. The molecule has 0 atom stereocenters. The smallest absolute Gasteiger partial charge is 0.335 e. The van der Waals surface area contributed by atoms with Crippen LogP contribution in [0.4, 0.5) is 0 Å². The van der Waals surface area contributed by atoms with Crippen LogP contribution in [0, 0.1) is 0 Å². The zero-order chi connectivity index (χ0) is 14.1. The SMILES string of the molecule is O=C(O)c1ccc(-c2cc(=O)c3ccccc3o2)cc1. The Morgan fingerprint density at radius 2 is 1.70 bits per heavy atom. The second-order valence-electron chi connectivity index (χ2n) is 4.35. The van der Waals surface area contributed by atoms with E-state index in [-0.39, 0.29) is 11.0 Å². The highest BCUT2D eigenvalue weighted by Crippen LogP contribution is 2.22. The molecule has 0 amide bonds. The predicted octanol–water partition coefficient (Wildman–Crippen LogP) is 3.16. The van der Waals surface area contributed by atoms with Gasteiger partial charge < -0.3 is 9.52 Å². The number of carbonyl (C=O) groups is 1. The number of aromatic carboxylic acids is 1. The quantitative estimate of drug-likeness (QED) is 0.773. The van der Waals surface area contributed by atoms with Crippen LogP contribution in [0.25, 0.3) is 22.3 Å². The van der Waals surface area contributed by atoms with Crippen LogP contribution in [0.2, 0.25) is 0 Å². The summed E-state index contributed by atoms with van der Waals surface area (Å²) in [6, 6.07) is 14.6. The number of benzene rings is 2. The number of hydrogen-bond acceptors (Lipinski definition) is 3. The monoisotopic (exact) mass is 266 g/mol. The van der Waals surface area contributed by atoms with Gasteiger partial charge in [-0.05, 0) is 24.3 Å². The van der Waals surface area contributed by atoms with Gasteiger partial charge in [-0.2, -0.15) is 0 Å². The molecule has 98 valence electrons. The highest BCUT2D eigenvalue weighted by atomic mass is 16.4. The second kappa shape index (κ2) is 4.66. The van der Waals surface area contributed by atoms with Gasteiger partial charge in [0.15, 0.2) is 5.43 Å². The van der Waals surface area contributed by atoms with E-state index in [2.05, 4.69) is 0 Å². The molecule has 4 nitrogen and oxygen atoms in total. The number of carboxylic acids is 1. The van der Waals surface area contributed by atoms with Crippen molar-refractivity contribution in [1.82, 2.24) is 0 Å². The molecule has 0 aliphatic carbocycles. The predicted molar refractivity (Wildman–Crippen MR) is 74.9 cm³/mol. The van der Waals surface area contributed by atoms with Gasteiger partial charge in [-0.15, -0.1) is 0 Å². The van der Waals surface area contributed by atoms with Crippen LogP contribution in [-0.4, -0.2) is 11.1 Å². The van der Waals surface area contributed by atoms with E-state index in [1.807, 2.05) is 0 Å². The number of rotatable bonds is 2. The first-order chi connectivity index (χ1) is 9.65. The van der Waals surface area contributed by atoms with Crippen molar-refractivity contribution < 1.29 is 14.3 Å². The Hall–Kier alpha value is -2.88. The summed E-state index contributed by atoms with van der Waals surface area (Å²) in [7, 11) is 0. The minimum absolute atomic E-state index is 0.121. The van der Waals surface area contributed by atoms with Crippen LogP contribution in [0.15, 0.2) is 63.8 Å². The molecule has 0 fully saturated rings. The Kier molecular flexibility index (Phi) is 2.84. The van der Waals surface area contributed by atoms with E-state index in [0.717, 1.165) is 0 Å². The lowest BCUT2D eigenvalue weighted by Crippen LogP contribution is -2.00. The lowest BCUT2D eigenvalue weighted by molar-refractivity contribution is 0.0697. The Morgan fingerprint density at radius 3 is 2.40 bits per heavy atom. The molecule has 0 radical (unpaired) electrons. The van der Waals surface area contributed by atoms with E-state index in [0.29, 0.717) is 22.3 Å². The van der Waals surface area contributed by atoms with E-state index < -0.39 is 5.97 Å². The molecule has 0 aliphatic rings. The van der Waals surface area contributed by atoms with Crippen molar-refractivity contribution in [3.8, 4) is 11.3 Å². The molecule has 0 unspecified atom stereocenters. The number of para-hydroxylation sites is 1. The van der Waals surface area contributed by atoms with Gasteiger partial charge in [0.1, 0.15) is 11.3 Å². The van der Waals surface area contributed by atoms with E-state index in [9.17, 15) is 9.59 Å². The summed E-state index contributed by atoms with van der Waals surface area (Å²) in [5.74, 6) is -0.567. The van der Waals surface area contributed by atoms with Crippen LogP contribution in [-0.2, 0) is 0 Å². The Labute approximate surface area is 113 Å². The third-order valence-electron chi connectivity index (χ3n) is 3.05. The van der Waals surface area contributed by atoms with Gasteiger partial charge in [-0.25, -0.2) is 4.79 Å². The maximum atomic E-state index is 12.0. The molecule has 4 heteroatoms. The normalized spacial score (nSPS) is 10.6. The molecule has 0 aliphatic heterocycles. The molecule has 3 rings (SSSR count). The molecule has 1 heterocycles. The van der Waals surface area contributed by atoms with Crippen molar-refractivity contribution in [2.45, 2.75) is 0 Å². The van der Waals surface area contributed by atoms with Crippen molar-refractivity contribution in [2.24, 2.45) is 0 Å². The van der Waals surface area contributed by atoms with Crippen molar-refractivity contribution in [3.05, 3.63) is 70.4 Å². The molecule has 1 N–H and O–H groups in total. The number of fused-ring (bicyclic) bond motifs is 1. The molecule has 20 heavy (non-hydrogen) atoms. The molecular weight excluding hydrogens is 256 g/mol. The summed E-state index contributed by atoms with van der Waals surface area (Å²) in [5.41, 5.74) is 1.25.